The van der Waals surface area contributed by atoms with Gasteiger partial charge in [-0.25, -0.2) is 0 Å². The van der Waals surface area contributed by atoms with Crippen LogP contribution >= 0.6 is 0 Å². The molecule has 0 aliphatic carbocycles. The first-order chi connectivity index (χ1) is 6.51. The Balaban J connectivity index is 3.29. The molecule has 0 saturated carbocycles. The van der Waals surface area contributed by atoms with Crippen LogP contribution in [0.1, 0.15) is 19.4 Å². The summed E-state index contributed by atoms with van der Waals surface area (Å²) in [6, 6.07) is 7.57. The second-order valence-corrected chi connectivity index (χ2v) is 3.70. The second kappa shape index (κ2) is 3.75. The van der Waals surface area contributed by atoms with Gasteiger partial charge in [0.2, 0.25) is 0 Å². The number of ether oxygens (including phenoxy) is 1. The van der Waals surface area contributed by atoms with Crippen molar-refractivity contribution in [2.45, 2.75) is 19.3 Å². The normalized spacial score (nSPS) is 10.7. The Labute approximate surface area is 85.9 Å². The van der Waals surface area contributed by atoms with Gasteiger partial charge >= 0.3 is 0 Å². The van der Waals surface area contributed by atoms with Crippen LogP contribution in [-0.2, 0) is 5.41 Å². The maximum atomic E-state index is 9.00. The molecule has 0 N–H and O–H groups in total. The van der Waals surface area contributed by atoms with Crippen LogP contribution in [0, 0.1) is 11.3 Å². The summed E-state index contributed by atoms with van der Waals surface area (Å²) in [6.45, 7) is 3.70. The van der Waals surface area contributed by atoms with E-state index in [0.29, 0.717) is 11.2 Å². The lowest BCUT2D eigenvalue weighted by atomic mass is 9.83. The summed E-state index contributed by atoms with van der Waals surface area (Å²) in [6.07, 6.45) is 0. The van der Waals surface area contributed by atoms with Crippen molar-refractivity contribution in [3.8, 4) is 11.8 Å². The molecule has 3 heteroatoms. The molecule has 1 rings (SSSR count). The Bertz CT molecular complexity index is 379. The van der Waals surface area contributed by atoms with Gasteiger partial charge in [0.05, 0.1) is 18.6 Å². The molecule has 0 spiro atoms. The molecule has 1 aromatic carbocycles. The quantitative estimate of drug-likeness (QED) is 0.650. The Hall–Kier alpha value is -1.43. The number of hydrogen-bond donors (Lipinski definition) is 0. The van der Waals surface area contributed by atoms with Crippen molar-refractivity contribution in [1.29, 1.82) is 5.26 Å². The average molecular weight is 185 g/mol. The summed E-state index contributed by atoms with van der Waals surface area (Å²) < 4.78 is 5.18. The summed E-state index contributed by atoms with van der Waals surface area (Å²) in [7, 11) is 7.20. The summed E-state index contributed by atoms with van der Waals surface area (Å²) in [5.41, 5.74) is 0.940. The number of methoxy groups -OCH3 is 1. The van der Waals surface area contributed by atoms with Gasteiger partial charge in [0.25, 0.3) is 0 Å². The van der Waals surface area contributed by atoms with Crippen molar-refractivity contribution in [3.63, 3.8) is 0 Å². The molecule has 0 aromatic heterocycles. The summed E-state index contributed by atoms with van der Waals surface area (Å²) in [4.78, 5) is 0. The van der Waals surface area contributed by atoms with Crippen molar-refractivity contribution in [2.75, 3.05) is 7.11 Å². The van der Waals surface area contributed by atoms with Crippen LogP contribution in [0.2, 0.25) is 0 Å². The third-order valence-corrected chi connectivity index (χ3v) is 2.18. The van der Waals surface area contributed by atoms with Crippen LogP contribution in [0.15, 0.2) is 18.2 Å². The number of hydrogen-bond acceptors (Lipinski definition) is 2. The van der Waals surface area contributed by atoms with Gasteiger partial charge in [-0.05, 0) is 19.9 Å². The fraction of sp³-hybridized carbons (Fsp3) is 0.364. The molecule has 70 valence electrons. The number of nitrogens with zero attached hydrogens (tertiary/aromatic N) is 1. The van der Waals surface area contributed by atoms with Gasteiger partial charge in [0.1, 0.15) is 13.6 Å². The van der Waals surface area contributed by atoms with E-state index in [4.69, 9.17) is 17.8 Å². The van der Waals surface area contributed by atoms with Gasteiger partial charge in [-0.1, -0.05) is 17.6 Å². The Morgan fingerprint density at radius 3 is 2.57 bits per heavy atom. The third kappa shape index (κ3) is 1.90. The molecule has 2 radical (unpaired) electrons. The maximum Gasteiger partial charge on any atom is 0.123 e. The molecule has 0 bridgehead atoms. The average Bonchev–Trinajstić information content (AvgIpc) is 2.17. The van der Waals surface area contributed by atoms with Crippen LogP contribution in [0.3, 0.4) is 0 Å². The smallest absolute Gasteiger partial charge is 0.123 e. The molecule has 2 nitrogen and oxygen atoms in total. The lowest BCUT2D eigenvalue weighted by Gasteiger charge is -2.19. The van der Waals surface area contributed by atoms with Crippen LogP contribution < -0.4 is 10.2 Å². The highest BCUT2D eigenvalue weighted by atomic mass is 16.5. The lowest BCUT2D eigenvalue weighted by Crippen LogP contribution is -2.17. The Morgan fingerprint density at radius 2 is 2.07 bits per heavy atom. The van der Waals surface area contributed by atoms with Gasteiger partial charge in [0.15, 0.2) is 0 Å². The molecular formula is C11H12BNO. The highest BCUT2D eigenvalue weighted by Crippen LogP contribution is 2.29. The predicted molar refractivity (Wildman–Crippen MR) is 57.0 cm³/mol. The van der Waals surface area contributed by atoms with Gasteiger partial charge in [-0.3, -0.25) is 0 Å². The van der Waals surface area contributed by atoms with E-state index < -0.39 is 5.41 Å². The van der Waals surface area contributed by atoms with E-state index in [-0.39, 0.29) is 0 Å². The SMILES string of the molecule is [B]c1ccc(C(C)(C)C#N)c(OC)c1. The van der Waals surface area contributed by atoms with Gasteiger partial charge in [-0.15, -0.1) is 0 Å². The molecule has 0 atom stereocenters. The van der Waals surface area contributed by atoms with E-state index in [1.807, 2.05) is 19.9 Å². The molecule has 1 aromatic rings. The lowest BCUT2D eigenvalue weighted by molar-refractivity contribution is 0.403. The molecule has 0 aliphatic heterocycles. The van der Waals surface area contributed by atoms with Crippen LogP contribution in [-0.4, -0.2) is 15.0 Å². The van der Waals surface area contributed by atoms with Gasteiger partial charge in [-0.2, -0.15) is 5.26 Å². The van der Waals surface area contributed by atoms with Crippen LogP contribution in [0.5, 0.6) is 5.75 Å². The van der Waals surface area contributed by atoms with Crippen molar-refractivity contribution >= 4 is 13.3 Å². The van der Waals surface area contributed by atoms with Crippen LogP contribution in [0.25, 0.3) is 0 Å². The van der Waals surface area contributed by atoms with Crippen molar-refractivity contribution in [2.24, 2.45) is 0 Å². The minimum atomic E-state index is -0.557. The maximum absolute atomic E-state index is 9.00. The molecule has 0 amide bonds. The topological polar surface area (TPSA) is 33.0 Å². The van der Waals surface area contributed by atoms with E-state index >= 15 is 0 Å². The number of nitriles is 1. The Morgan fingerprint density at radius 1 is 1.43 bits per heavy atom. The van der Waals surface area contributed by atoms with E-state index in [1.54, 1.807) is 19.2 Å². The minimum Gasteiger partial charge on any atom is -0.496 e. The number of rotatable bonds is 2. The van der Waals surface area contributed by atoms with E-state index in [9.17, 15) is 0 Å². The predicted octanol–water partition coefficient (Wildman–Crippen LogP) is 1.29. The van der Waals surface area contributed by atoms with E-state index in [2.05, 4.69) is 6.07 Å². The standard InChI is InChI=1S/C11H12BNO/c1-11(2,7-13)9-5-4-8(12)6-10(9)14-3/h4-6H,1-3H3. The van der Waals surface area contributed by atoms with E-state index in [1.165, 1.54) is 0 Å². The van der Waals surface area contributed by atoms with Gasteiger partial charge < -0.3 is 4.74 Å². The summed E-state index contributed by atoms with van der Waals surface area (Å²) in [5, 5.41) is 9.00. The highest BCUT2D eigenvalue weighted by molar-refractivity contribution is 6.32. The first-order valence-corrected chi connectivity index (χ1v) is 4.36. The van der Waals surface area contributed by atoms with Crippen molar-refractivity contribution in [1.82, 2.24) is 0 Å². The molecule has 0 saturated heterocycles. The molecule has 0 heterocycles. The molecule has 0 aliphatic rings. The minimum absolute atomic E-state index is 0.557. The fourth-order valence-corrected chi connectivity index (χ4v) is 1.28. The third-order valence-electron chi connectivity index (χ3n) is 2.18. The summed E-state index contributed by atoms with van der Waals surface area (Å²) in [5.74, 6) is 0.663. The first kappa shape index (κ1) is 10.7. The van der Waals surface area contributed by atoms with Crippen molar-refractivity contribution in [3.05, 3.63) is 23.8 Å². The van der Waals surface area contributed by atoms with Gasteiger partial charge in [0, 0.05) is 5.56 Å². The zero-order chi connectivity index (χ0) is 10.8. The first-order valence-electron chi connectivity index (χ1n) is 4.36. The highest BCUT2D eigenvalue weighted by Gasteiger charge is 2.23. The molecular weight excluding hydrogens is 173 g/mol. The largest absolute Gasteiger partial charge is 0.496 e. The molecule has 0 fully saturated rings. The zero-order valence-electron chi connectivity index (χ0n) is 8.66. The summed E-state index contributed by atoms with van der Waals surface area (Å²) >= 11 is 0. The van der Waals surface area contributed by atoms with Crippen LogP contribution in [0.4, 0.5) is 0 Å². The monoisotopic (exact) mass is 185 g/mol. The zero-order valence-corrected chi connectivity index (χ0v) is 8.66. The van der Waals surface area contributed by atoms with E-state index in [0.717, 1.165) is 5.56 Å². The van der Waals surface area contributed by atoms with Crippen molar-refractivity contribution < 1.29 is 4.74 Å². The molecule has 0 unspecified atom stereocenters. The fourth-order valence-electron chi connectivity index (χ4n) is 1.28. The Kier molecular flexibility index (Phi) is 2.86. The molecule has 14 heavy (non-hydrogen) atoms. The number of benzene rings is 1. The second-order valence-electron chi connectivity index (χ2n) is 3.70.